The zero-order valence-corrected chi connectivity index (χ0v) is 13.4. The van der Waals surface area contributed by atoms with Crippen molar-refractivity contribution in [2.45, 2.75) is 6.54 Å². The summed E-state index contributed by atoms with van der Waals surface area (Å²) < 4.78 is 5.18. The summed E-state index contributed by atoms with van der Waals surface area (Å²) >= 11 is 5.88. The second-order valence-corrected chi connectivity index (χ2v) is 5.09. The van der Waals surface area contributed by atoms with Crippen LogP contribution in [-0.4, -0.2) is 25.8 Å². The number of carbonyl (C=O) groups is 1. The summed E-state index contributed by atoms with van der Waals surface area (Å²) in [7, 11) is 1.58. The number of para-hydroxylation sites is 1. The van der Waals surface area contributed by atoms with Crippen LogP contribution >= 0.6 is 11.6 Å². The lowest BCUT2D eigenvalue weighted by Crippen LogP contribution is -2.26. The average Bonchev–Trinajstić information content (AvgIpc) is 2.57. The number of methoxy groups -OCH3 is 1. The molecule has 2 aromatic carbocycles. The van der Waals surface area contributed by atoms with Crippen molar-refractivity contribution in [1.29, 1.82) is 0 Å². The number of hydrogen-bond donors (Lipinski definition) is 1. The van der Waals surface area contributed by atoms with Gasteiger partial charge in [0.15, 0.2) is 6.61 Å². The molecule has 0 aliphatic carbocycles. The second-order valence-electron chi connectivity index (χ2n) is 4.66. The van der Waals surface area contributed by atoms with Crippen molar-refractivity contribution < 1.29 is 14.4 Å². The monoisotopic (exact) mass is 332 g/mol. The zero-order valence-electron chi connectivity index (χ0n) is 12.7. The van der Waals surface area contributed by atoms with Crippen molar-refractivity contribution in [3.05, 3.63) is 64.7 Å². The molecule has 0 aliphatic rings. The molecule has 0 unspecified atom stereocenters. The molecule has 0 radical (unpaired) electrons. The molecular weight excluding hydrogens is 316 g/mol. The average molecular weight is 333 g/mol. The van der Waals surface area contributed by atoms with Crippen LogP contribution in [0.5, 0.6) is 5.75 Å². The van der Waals surface area contributed by atoms with Crippen LogP contribution in [0.25, 0.3) is 0 Å². The molecule has 0 bridgehead atoms. The molecule has 2 rings (SSSR count). The fourth-order valence-corrected chi connectivity index (χ4v) is 2.07. The summed E-state index contributed by atoms with van der Waals surface area (Å²) in [5.41, 5.74) is 1.69. The molecule has 120 valence electrons. The van der Waals surface area contributed by atoms with E-state index >= 15 is 0 Å². The highest BCUT2D eigenvalue weighted by atomic mass is 35.5. The number of oxime groups is 1. The number of benzene rings is 2. The molecule has 23 heavy (non-hydrogen) atoms. The van der Waals surface area contributed by atoms with E-state index < -0.39 is 0 Å². The third kappa shape index (κ3) is 5.64. The molecule has 0 heterocycles. The van der Waals surface area contributed by atoms with Crippen LogP contribution in [0.1, 0.15) is 11.1 Å². The second kappa shape index (κ2) is 8.80. The standard InChI is InChI=1S/C17H17ClN2O3/c1-22-16-8-3-2-6-14(16)11-20-23-12-17(21)19-10-13-5-4-7-15(18)9-13/h2-9,11H,10,12H2,1H3,(H,19,21)/b20-11-. The maximum Gasteiger partial charge on any atom is 0.261 e. The van der Waals surface area contributed by atoms with Crippen LogP contribution in [0.15, 0.2) is 53.7 Å². The van der Waals surface area contributed by atoms with E-state index in [2.05, 4.69) is 10.5 Å². The highest BCUT2D eigenvalue weighted by molar-refractivity contribution is 6.30. The van der Waals surface area contributed by atoms with E-state index in [1.54, 1.807) is 19.2 Å². The number of rotatable bonds is 7. The van der Waals surface area contributed by atoms with E-state index in [0.717, 1.165) is 11.1 Å². The molecule has 5 nitrogen and oxygen atoms in total. The summed E-state index contributed by atoms with van der Waals surface area (Å²) in [4.78, 5) is 16.7. The normalized spacial score (nSPS) is 10.5. The molecule has 1 amide bonds. The van der Waals surface area contributed by atoms with Gasteiger partial charge in [0.05, 0.1) is 13.3 Å². The molecule has 6 heteroatoms. The lowest BCUT2D eigenvalue weighted by Gasteiger charge is -2.05. The smallest absolute Gasteiger partial charge is 0.261 e. The van der Waals surface area contributed by atoms with Gasteiger partial charge in [-0.1, -0.05) is 41.0 Å². The number of amides is 1. The van der Waals surface area contributed by atoms with Crippen molar-refractivity contribution in [1.82, 2.24) is 5.32 Å². The molecule has 0 saturated carbocycles. The third-order valence-corrected chi connectivity index (χ3v) is 3.21. The number of ether oxygens (including phenoxy) is 1. The first kappa shape index (κ1) is 16.8. The Bertz CT molecular complexity index is 689. The minimum Gasteiger partial charge on any atom is -0.496 e. The Kier molecular flexibility index (Phi) is 6.44. The quantitative estimate of drug-likeness (QED) is 0.626. The zero-order chi connectivity index (χ0) is 16.5. The number of hydrogen-bond acceptors (Lipinski definition) is 4. The Morgan fingerprint density at radius 1 is 1.26 bits per heavy atom. The first-order chi connectivity index (χ1) is 11.2. The first-order valence-electron chi connectivity index (χ1n) is 6.98. The van der Waals surface area contributed by atoms with Gasteiger partial charge in [0.1, 0.15) is 5.75 Å². The highest BCUT2D eigenvalue weighted by Crippen LogP contribution is 2.14. The molecule has 0 aliphatic heterocycles. The molecule has 0 fully saturated rings. The Hall–Kier alpha value is -2.53. The van der Waals surface area contributed by atoms with Gasteiger partial charge in [-0.3, -0.25) is 4.79 Å². The van der Waals surface area contributed by atoms with Crippen LogP contribution in [0.2, 0.25) is 5.02 Å². The van der Waals surface area contributed by atoms with Gasteiger partial charge in [0.25, 0.3) is 5.91 Å². The summed E-state index contributed by atoms with van der Waals surface area (Å²) in [6, 6.07) is 14.7. The summed E-state index contributed by atoms with van der Waals surface area (Å²) in [6.07, 6.45) is 1.50. The minimum absolute atomic E-state index is 0.161. The SMILES string of the molecule is COc1ccccc1/C=N\OCC(=O)NCc1cccc(Cl)c1. The van der Waals surface area contributed by atoms with Gasteiger partial charge in [0, 0.05) is 17.1 Å². The van der Waals surface area contributed by atoms with Gasteiger partial charge in [-0.2, -0.15) is 0 Å². The fraction of sp³-hybridized carbons (Fsp3) is 0.176. The topological polar surface area (TPSA) is 59.9 Å². The largest absolute Gasteiger partial charge is 0.496 e. The Morgan fingerprint density at radius 2 is 2.09 bits per heavy atom. The Morgan fingerprint density at radius 3 is 2.87 bits per heavy atom. The minimum atomic E-state index is -0.262. The third-order valence-electron chi connectivity index (χ3n) is 2.98. The fourth-order valence-electron chi connectivity index (χ4n) is 1.86. The van der Waals surface area contributed by atoms with Crippen molar-refractivity contribution in [3.63, 3.8) is 0 Å². The van der Waals surface area contributed by atoms with E-state index in [-0.39, 0.29) is 12.5 Å². The number of nitrogens with one attached hydrogen (secondary N) is 1. The maximum absolute atomic E-state index is 11.7. The molecule has 1 N–H and O–H groups in total. The number of halogens is 1. The van der Waals surface area contributed by atoms with Gasteiger partial charge in [-0.05, 0) is 29.8 Å². The number of nitrogens with zero attached hydrogens (tertiary/aromatic N) is 1. The van der Waals surface area contributed by atoms with Crippen molar-refractivity contribution >= 4 is 23.7 Å². The van der Waals surface area contributed by atoms with Crippen molar-refractivity contribution in [2.24, 2.45) is 5.16 Å². The van der Waals surface area contributed by atoms with Gasteiger partial charge in [-0.15, -0.1) is 0 Å². The van der Waals surface area contributed by atoms with Gasteiger partial charge < -0.3 is 14.9 Å². The highest BCUT2D eigenvalue weighted by Gasteiger charge is 2.02. The predicted octanol–water partition coefficient (Wildman–Crippen LogP) is 3.02. The van der Waals surface area contributed by atoms with Crippen LogP contribution < -0.4 is 10.1 Å². The van der Waals surface area contributed by atoms with Gasteiger partial charge in [0.2, 0.25) is 0 Å². The maximum atomic E-state index is 11.7. The molecular formula is C17H17ClN2O3. The summed E-state index contributed by atoms with van der Waals surface area (Å²) in [6.45, 7) is 0.227. The Labute approximate surface area is 139 Å². The van der Waals surface area contributed by atoms with Gasteiger partial charge in [-0.25, -0.2) is 0 Å². The molecule has 0 aromatic heterocycles. The molecule has 0 atom stereocenters. The lowest BCUT2D eigenvalue weighted by atomic mass is 10.2. The Balaban J connectivity index is 1.75. The van der Waals surface area contributed by atoms with Crippen LogP contribution in [0.3, 0.4) is 0 Å². The van der Waals surface area contributed by atoms with E-state index in [9.17, 15) is 4.79 Å². The van der Waals surface area contributed by atoms with E-state index in [0.29, 0.717) is 17.3 Å². The van der Waals surface area contributed by atoms with Crippen molar-refractivity contribution in [3.8, 4) is 5.75 Å². The predicted molar refractivity (Wildman–Crippen MR) is 89.8 cm³/mol. The van der Waals surface area contributed by atoms with Crippen molar-refractivity contribution in [2.75, 3.05) is 13.7 Å². The summed E-state index contributed by atoms with van der Waals surface area (Å²) in [5.74, 6) is 0.424. The summed E-state index contributed by atoms with van der Waals surface area (Å²) in [5, 5.41) is 7.13. The van der Waals surface area contributed by atoms with Crippen LogP contribution in [-0.2, 0) is 16.2 Å². The molecule has 2 aromatic rings. The van der Waals surface area contributed by atoms with Crippen LogP contribution in [0.4, 0.5) is 0 Å². The number of carbonyl (C=O) groups excluding carboxylic acids is 1. The van der Waals surface area contributed by atoms with Crippen LogP contribution in [0, 0.1) is 0 Å². The first-order valence-corrected chi connectivity index (χ1v) is 7.36. The van der Waals surface area contributed by atoms with E-state index in [1.807, 2.05) is 36.4 Å². The van der Waals surface area contributed by atoms with Gasteiger partial charge >= 0.3 is 0 Å². The van der Waals surface area contributed by atoms with E-state index in [1.165, 1.54) is 6.21 Å². The lowest BCUT2D eigenvalue weighted by molar-refractivity contribution is -0.125. The molecule has 0 spiro atoms. The molecule has 0 saturated heterocycles. The van der Waals surface area contributed by atoms with E-state index in [4.69, 9.17) is 21.2 Å².